The third kappa shape index (κ3) is 6.67. The Hall–Kier alpha value is -1.67. The number of carbonyl (C=O) groups excluding carboxylic acids is 1. The molecule has 0 bridgehead atoms. The van der Waals surface area contributed by atoms with Crippen LogP contribution in [0.2, 0.25) is 10.0 Å². The number of benzene rings is 2. The summed E-state index contributed by atoms with van der Waals surface area (Å²) in [5.41, 5.74) is 3.03. The number of nitrogens with zero attached hydrogens (tertiary/aromatic N) is 3. The Kier molecular flexibility index (Phi) is 9.34. The van der Waals surface area contributed by atoms with Gasteiger partial charge in [-0.25, -0.2) is 0 Å². The average molecular weight is 510 g/mol. The molecule has 1 N–H and O–H groups in total. The number of para-hydroxylation sites is 1. The van der Waals surface area contributed by atoms with E-state index in [4.69, 9.17) is 23.2 Å². The van der Waals surface area contributed by atoms with Crippen LogP contribution in [0.15, 0.2) is 47.6 Å². The Morgan fingerprint density at radius 1 is 1.12 bits per heavy atom. The Labute approximate surface area is 207 Å². The lowest BCUT2D eigenvalue weighted by Crippen LogP contribution is -2.16. The molecule has 0 unspecified atom stereocenters. The van der Waals surface area contributed by atoms with E-state index >= 15 is 0 Å². The molecular weight excluding hydrogens is 483 g/mol. The van der Waals surface area contributed by atoms with Gasteiger partial charge < -0.3 is 9.88 Å². The summed E-state index contributed by atoms with van der Waals surface area (Å²) >= 11 is 15.3. The van der Waals surface area contributed by atoms with E-state index in [0.717, 1.165) is 40.1 Å². The van der Waals surface area contributed by atoms with Gasteiger partial charge in [0.15, 0.2) is 5.16 Å². The van der Waals surface area contributed by atoms with Crippen LogP contribution in [0.25, 0.3) is 0 Å². The molecule has 0 spiro atoms. The van der Waals surface area contributed by atoms with Gasteiger partial charge in [-0.3, -0.25) is 4.79 Å². The first-order valence-electron chi connectivity index (χ1n) is 10.3. The number of hydrogen-bond donors (Lipinski definition) is 1. The highest BCUT2D eigenvalue weighted by Crippen LogP contribution is 2.27. The molecule has 0 aliphatic rings. The molecule has 0 fully saturated rings. The Morgan fingerprint density at radius 2 is 1.91 bits per heavy atom. The van der Waals surface area contributed by atoms with Crippen LogP contribution in [-0.4, -0.2) is 26.4 Å². The quantitative estimate of drug-likeness (QED) is 0.302. The largest absolute Gasteiger partial charge is 0.325 e. The molecule has 0 aliphatic carbocycles. The second-order valence-corrected chi connectivity index (χ2v) is 10.2. The first-order valence-corrected chi connectivity index (χ1v) is 13.2. The fourth-order valence-corrected chi connectivity index (χ4v) is 5.52. The summed E-state index contributed by atoms with van der Waals surface area (Å²) in [7, 11) is 0. The van der Waals surface area contributed by atoms with E-state index in [1.54, 1.807) is 17.8 Å². The number of hydrogen-bond acceptors (Lipinski definition) is 5. The zero-order valence-electron chi connectivity index (χ0n) is 18.3. The maximum atomic E-state index is 12.5. The standard InChI is InChI=1S/C23H26Cl2N4OS2/c1-4-29-21(13-31-12-16-9-10-17(24)11-19(16)25)27-28-23(29)32-14-22(30)26-20-8-6-5-7-18(20)15(2)3/h5-11,15H,4,12-14H2,1-3H3,(H,26,30). The average Bonchev–Trinajstić information content (AvgIpc) is 3.15. The number of aromatic nitrogens is 3. The highest BCUT2D eigenvalue weighted by Gasteiger charge is 2.15. The van der Waals surface area contributed by atoms with E-state index in [2.05, 4.69) is 40.9 Å². The fourth-order valence-electron chi connectivity index (χ4n) is 3.17. The number of anilines is 1. The summed E-state index contributed by atoms with van der Waals surface area (Å²) in [5, 5.41) is 13.7. The third-order valence-electron chi connectivity index (χ3n) is 4.80. The predicted octanol–water partition coefficient (Wildman–Crippen LogP) is 6.89. The van der Waals surface area contributed by atoms with Crippen molar-refractivity contribution in [3.05, 3.63) is 69.5 Å². The van der Waals surface area contributed by atoms with Crippen LogP contribution < -0.4 is 5.32 Å². The van der Waals surface area contributed by atoms with Crippen LogP contribution in [0, 0.1) is 0 Å². The van der Waals surface area contributed by atoms with Gasteiger partial charge in [0, 0.05) is 28.0 Å². The molecule has 170 valence electrons. The molecule has 0 saturated heterocycles. The van der Waals surface area contributed by atoms with Gasteiger partial charge in [0.25, 0.3) is 0 Å². The van der Waals surface area contributed by atoms with Crippen molar-refractivity contribution in [1.29, 1.82) is 0 Å². The van der Waals surface area contributed by atoms with Crippen molar-refractivity contribution in [1.82, 2.24) is 14.8 Å². The topological polar surface area (TPSA) is 59.8 Å². The van der Waals surface area contributed by atoms with Crippen molar-refractivity contribution < 1.29 is 4.79 Å². The summed E-state index contributed by atoms with van der Waals surface area (Å²) in [6.07, 6.45) is 0. The predicted molar refractivity (Wildman–Crippen MR) is 137 cm³/mol. The number of nitrogens with one attached hydrogen (secondary N) is 1. The molecule has 0 atom stereocenters. The lowest BCUT2D eigenvalue weighted by atomic mass is 10.0. The van der Waals surface area contributed by atoms with Crippen LogP contribution in [-0.2, 0) is 22.8 Å². The van der Waals surface area contributed by atoms with Crippen LogP contribution in [0.5, 0.6) is 0 Å². The van der Waals surface area contributed by atoms with Gasteiger partial charge in [0.05, 0.1) is 11.5 Å². The van der Waals surface area contributed by atoms with Crippen molar-refractivity contribution in [2.75, 3.05) is 11.1 Å². The van der Waals surface area contributed by atoms with E-state index in [0.29, 0.717) is 21.7 Å². The second kappa shape index (κ2) is 12.0. The minimum absolute atomic E-state index is 0.0536. The SMILES string of the molecule is CCn1c(CSCc2ccc(Cl)cc2Cl)nnc1SCC(=O)Nc1ccccc1C(C)C. The van der Waals surface area contributed by atoms with Crippen LogP contribution in [0.3, 0.4) is 0 Å². The van der Waals surface area contributed by atoms with Crippen molar-refractivity contribution >= 4 is 58.3 Å². The summed E-state index contributed by atoms with van der Waals surface area (Å²) in [6.45, 7) is 7.02. The summed E-state index contributed by atoms with van der Waals surface area (Å²) in [4.78, 5) is 12.5. The molecule has 2 aromatic carbocycles. The third-order valence-corrected chi connectivity index (χ3v) is 7.33. The number of thioether (sulfide) groups is 2. The lowest BCUT2D eigenvalue weighted by molar-refractivity contribution is -0.113. The first-order chi connectivity index (χ1) is 15.4. The highest BCUT2D eigenvalue weighted by molar-refractivity contribution is 7.99. The summed E-state index contributed by atoms with van der Waals surface area (Å²) in [5.74, 6) is 2.90. The van der Waals surface area contributed by atoms with E-state index < -0.39 is 0 Å². The Morgan fingerprint density at radius 3 is 2.62 bits per heavy atom. The molecule has 1 heterocycles. The maximum absolute atomic E-state index is 12.5. The van der Waals surface area contributed by atoms with E-state index in [1.807, 2.05) is 36.4 Å². The molecule has 0 radical (unpaired) electrons. The van der Waals surface area contributed by atoms with E-state index in [9.17, 15) is 4.79 Å². The zero-order valence-corrected chi connectivity index (χ0v) is 21.4. The highest BCUT2D eigenvalue weighted by atomic mass is 35.5. The Bertz CT molecular complexity index is 1070. The summed E-state index contributed by atoms with van der Waals surface area (Å²) in [6, 6.07) is 13.5. The first kappa shape index (κ1) is 25.0. The molecule has 0 aliphatic heterocycles. The smallest absolute Gasteiger partial charge is 0.234 e. The van der Waals surface area contributed by atoms with Crippen molar-refractivity contribution in [3.8, 4) is 0 Å². The van der Waals surface area contributed by atoms with Crippen molar-refractivity contribution in [3.63, 3.8) is 0 Å². The number of rotatable bonds is 10. The van der Waals surface area contributed by atoms with Gasteiger partial charge in [-0.05, 0) is 42.2 Å². The molecule has 5 nitrogen and oxygen atoms in total. The van der Waals surface area contributed by atoms with Gasteiger partial charge in [-0.15, -0.1) is 22.0 Å². The van der Waals surface area contributed by atoms with Gasteiger partial charge >= 0.3 is 0 Å². The van der Waals surface area contributed by atoms with Gasteiger partial charge in [0.1, 0.15) is 5.82 Å². The minimum atomic E-state index is -0.0536. The molecule has 1 aromatic heterocycles. The summed E-state index contributed by atoms with van der Waals surface area (Å²) < 4.78 is 2.05. The Balaban J connectivity index is 1.56. The van der Waals surface area contributed by atoms with E-state index in [-0.39, 0.29) is 11.7 Å². The monoisotopic (exact) mass is 508 g/mol. The fraction of sp³-hybridized carbons (Fsp3) is 0.348. The molecule has 9 heteroatoms. The van der Waals surface area contributed by atoms with Gasteiger partial charge in [0.2, 0.25) is 5.91 Å². The zero-order chi connectivity index (χ0) is 23.1. The normalized spacial score (nSPS) is 11.2. The minimum Gasteiger partial charge on any atom is -0.325 e. The van der Waals surface area contributed by atoms with E-state index in [1.165, 1.54) is 11.8 Å². The molecule has 32 heavy (non-hydrogen) atoms. The molecule has 1 amide bonds. The van der Waals surface area contributed by atoms with Gasteiger partial charge in [-0.1, -0.05) is 73.1 Å². The number of halogens is 2. The second-order valence-electron chi connectivity index (χ2n) is 7.45. The number of carbonyl (C=O) groups is 1. The molecule has 0 saturated carbocycles. The lowest BCUT2D eigenvalue weighted by Gasteiger charge is -2.13. The molecule has 3 rings (SSSR count). The van der Waals surface area contributed by atoms with Crippen LogP contribution in [0.1, 0.15) is 43.6 Å². The molecule has 3 aromatic rings. The van der Waals surface area contributed by atoms with Crippen LogP contribution >= 0.6 is 46.7 Å². The van der Waals surface area contributed by atoms with Crippen molar-refractivity contribution in [2.45, 2.75) is 49.9 Å². The number of amides is 1. The van der Waals surface area contributed by atoms with Crippen molar-refractivity contribution in [2.24, 2.45) is 0 Å². The molecular formula is C23H26Cl2N4OS2. The van der Waals surface area contributed by atoms with Crippen LogP contribution in [0.4, 0.5) is 5.69 Å². The maximum Gasteiger partial charge on any atom is 0.234 e. The van der Waals surface area contributed by atoms with Gasteiger partial charge in [-0.2, -0.15) is 0 Å².